The van der Waals surface area contributed by atoms with Crippen LogP contribution in [0.2, 0.25) is 0 Å². The van der Waals surface area contributed by atoms with Crippen LogP contribution in [0, 0.1) is 19.8 Å². The number of hydrogen-bond acceptors (Lipinski definition) is 3. The summed E-state index contributed by atoms with van der Waals surface area (Å²) in [5.41, 5.74) is 7.10. The Balaban J connectivity index is 1.45. The van der Waals surface area contributed by atoms with Crippen LogP contribution in [0.3, 0.4) is 0 Å². The molecular formula is C32H34N2O2. The van der Waals surface area contributed by atoms with Crippen molar-refractivity contribution in [3.8, 4) is 11.4 Å². The molecule has 2 heterocycles. The van der Waals surface area contributed by atoms with Crippen molar-refractivity contribution in [1.82, 2.24) is 9.47 Å². The summed E-state index contributed by atoms with van der Waals surface area (Å²) in [7, 11) is 1.73. The van der Waals surface area contributed by atoms with Gasteiger partial charge in [0.25, 0.3) is 0 Å². The van der Waals surface area contributed by atoms with Crippen molar-refractivity contribution >= 4 is 5.78 Å². The van der Waals surface area contributed by atoms with Crippen molar-refractivity contribution < 1.29 is 9.53 Å². The van der Waals surface area contributed by atoms with Gasteiger partial charge in [-0.3, -0.25) is 9.69 Å². The molecule has 5 rings (SSSR count). The number of aryl methyl sites for hydroxylation is 2. The van der Waals surface area contributed by atoms with E-state index in [1.807, 2.05) is 12.1 Å². The normalized spacial score (nSPS) is 16.4. The molecule has 1 saturated heterocycles. The van der Waals surface area contributed by atoms with Gasteiger partial charge in [-0.1, -0.05) is 60.7 Å². The number of methoxy groups -OCH3 is 1. The number of carbonyl (C=O) groups is 1. The van der Waals surface area contributed by atoms with Gasteiger partial charge in [0.05, 0.1) is 7.11 Å². The molecule has 1 fully saturated rings. The van der Waals surface area contributed by atoms with Crippen LogP contribution in [0.15, 0.2) is 91.0 Å². The standard InChI is InChI=1S/C32H34N2O2/c1-23-14-15-24(2)34(23)28-16-17-31(36-3)27(20-28)21-33-19-18-30(35)29(22-33)32(25-10-6-4-7-11-25)26-12-8-5-9-13-26/h4-17,20,29,32H,18-19,21-22H2,1-3H3. The molecule has 0 N–H and O–H groups in total. The minimum Gasteiger partial charge on any atom is -0.496 e. The Kier molecular flexibility index (Phi) is 7.06. The van der Waals surface area contributed by atoms with E-state index in [0.29, 0.717) is 12.2 Å². The van der Waals surface area contributed by atoms with Gasteiger partial charge in [-0.2, -0.15) is 0 Å². The fraction of sp³-hybridized carbons (Fsp3) is 0.281. The molecule has 4 heteroatoms. The quantitative estimate of drug-likeness (QED) is 0.311. The summed E-state index contributed by atoms with van der Waals surface area (Å²) in [5, 5.41) is 0. The van der Waals surface area contributed by atoms with Crippen LogP contribution in [0.4, 0.5) is 0 Å². The number of Topliss-reactive ketones (excluding diaryl/α,β-unsaturated/α-hetero) is 1. The monoisotopic (exact) mass is 478 g/mol. The van der Waals surface area contributed by atoms with Crippen LogP contribution in [0.5, 0.6) is 5.75 Å². The van der Waals surface area contributed by atoms with Crippen LogP contribution >= 0.6 is 0 Å². The Bertz CT molecular complexity index is 1270. The fourth-order valence-corrected chi connectivity index (χ4v) is 5.68. The van der Waals surface area contributed by atoms with Gasteiger partial charge < -0.3 is 9.30 Å². The van der Waals surface area contributed by atoms with E-state index in [2.05, 4.69) is 102 Å². The zero-order valence-electron chi connectivity index (χ0n) is 21.4. The van der Waals surface area contributed by atoms with Crippen LogP contribution in [-0.2, 0) is 11.3 Å². The summed E-state index contributed by atoms with van der Waals surface area (Å²) >= 11 is 0. The molecular weight excluding hydrogens is 444 g/mol. The summed E-state index contributed by atoms with van der Waals surface area (Å²) in [6.45, 7) is 6.50. The highest BCUT2D eigenvalue weighted by molar-refractivity contribution is 5.83. The summed E-state index contributed by atoms with van der Waals surface area (Å²) in [6, 6.07) is 31.6. The van der Waals surface area contributed by atoms with E-state index in [1.165, 1.54) is 22.5 Å². The van der Waals surface area contributed by atoms with Gasteiger partial charge >= 0.3 is 0 Å². The first-order valence-electron chi connectivity index (χ1n) is 12.7. The molecule has 1 unspecified atom stereocenters. The highest BCUT2D eigenvalue weighted by Gasteiger charge is 2.35. The summed E-state index contributed by atoms with van der Waals surface area (Å²) < 4.78 is 8.02. The molecule has 1 aromatic heterocycles. The number of rotatable bonds is 7. The van der Waals surface area contributed by atoms with E-state index in [9.17, 15) is 4.79 Å². The van der Waals surface area contributed by atoms with Gasteiger partial charge in [-0.25, -0.2) is 0 Å². The second kappa shape index (κ2) is 10.5. The van der Waals surface area contributed by atoms with Crippen molar-refractivity contribution in [3.63, 3.8) is 0 Å². The van der Waals surface area contributed by atoms with Crippen LogP contribution in [-0.4, -0.2) is 35.4 Å². The molecule has 1 atom stereocenters. The molecule has 0 spiro atoms. The Morgan fingerprint density at radius 3 is 2.06 bits per heavy atom. The summed E-state index contributed by atoms with van der Waals surface area (Å²) in [4.78, 5) is 15.8. The predicted molar refractivity (Wildman–Crippen MR) is 145 cm³/mol. The number of ketones is 1. The number of nitrogens with zero attached hydrogens (tertiary/aromatic N) is 2. The predicted octanol–water partition coefficient (Wildman–Crippen LogP) is 6.33. The zero-order valence-corrected chi connectivity index (χ0v) is 21.4. The van der Waals surface area contributed by atoms with Crippen molar-refractivity contribution in [3.05, 3.63) is 119 Å². The van der Waals surface area contributed by atoms with E-state index >= 15 is 0 Å². The topological polar surface area (TPSA) is 34.5 Å². The smallest absolute Gasteiger partial charge is 0.139 e. The van der Waals surface area contributed by atoms with Gasteiger partial charge in [0, 0.05) is 60.5 Å². The van der Waals surface area contributed by atoms with E-state index < -0.39 is 0 Å². The van der Waals surface area contributed by atoms with Crippen LogP contribution in [0.25, 0.3) is 5.69 Å². The first-order chi connectivity index (χ1) is 17.5. The van der Waals surface area contributed by atoms with Gasteiger partial charge in [0.1, 0.15) is 11.5 Å². The summed E-state index contributed by atoms with van der Waals surface area (Å²) in [5.74, 6) is 1.19. The third-order valence-electron chi connectivity index (χ3n) is 7.45. The maximum Gasteiger partial charge on any atom is 0.139 e. The molecule has 1 aliphatic rings. The Labute approximate surface area is 214 Å². The second-order valence-corrected chi connectivity index (χ2v) is 9.80. The van der Waals surface area contributed by atoms with E-state index in [0.717, 1.165) is 36.6 Å². The lowest BCUT2D eigenvalue weighted by Crippen LogP contribution is -2.43. The van der Waals surface area contributed by atoms with Crippen molar-refractivity contribution in [2.24, 2.45) is 5.92 Å². The maximum atomic E-state index is 13.3. The molecule has 0 bridgehead atoms. The fourth-order valence-electron chi connectivity index (χ4n) is 5.68. The number of ether oxygens (including phenoxy) is 1. The number of benzene rings is 3. The van der Waals surface area contributed by atoms with E-state index in [-0.39, 0.29) is 11.8 Å². The molecule has 0 aliphatic carbocycles. The number of piperidine rings is 1. The Morgan fingerprint density at radius 2 is 1.47 bits per heavy atom. The van der Waals surface area contributed by atoms with Gasteiger partial charge in [-0.05, 0) is 55.3 Å². The van der Waals surface area contributed by atoms with Crippen molar-refractivity contribution in [2.75, 3.05) is 20.2 Å². The van der Waals surface area contributed by atoms with Crippen molar-refractivity contribution in [1.29, 1.82) is 0 Å². The molecule has 1 aliphatic heterocycles. The van der Waals surface area contributed by atoms with Crippen LogP contribution in [0.1, 0.15) is 40.4 Å². The number of likely N-dealkylation sites (tertiary alicyclic amines) is 1. The second-order valence-electron chi connectivity index (χ2n) is 9.80. The Hall–Kier alpha value is -3.63. The molecule has 3 aromatic carbocycles. The molecule has 36 heavy (non-hydrogen) atoms. The van der Waals surface area contributed by atoms with E-state index in [1.54, 1.807) is 7.11 Å². The number of aromatic nitrogens is 1. The lowest BCUT2D eigenvalue weighted by Gasteiger charge is -2.36. The molecule has 0 amide bonds. The van der Waals surface area contributed by atoms with Gasteiger partial charge in [0.2, 0.25) is 0 Å². The third-order valence-corrected chi connectivity index (χ3v) is 7.45. The number of carbonyl (C=O) groups excluding carboxylic acids is 1. The molecule has 4 aromatic rings. The maximum absolute atomic E-state index is 13.3. The molecule has 0 radical (unpaired) electrons. The highest BCUT2D eigenvalue weighted by atomic mass is 16.5. The van der Waals surface area contributed by atoms with Crippen molar-refractivity contribution in [2.45, 2.75) is 32.7 Å². The minimum absolute atomic E-state index is 0.0427. The highest BCUT2D eigenvalue weighted by Crippen LogP contribution is 2.36. The first-order valence-corrected chi connectivity index (χ1v) is 12.7. The molecule has 0 saturated carbocycles. The SMILES string of the molecule is COc1ccc(-n2c(C)ccc2C)cc1CN1CCC(=O)C(C(c2ccccc2)c2ccccc2)C1. The average Bonchev–Trinajstić information content (AvgIpc) is 3.25. The van der Waals surface area contributed by atoms with Gasteiger partial charge in [-0.15, -0.1) is 0 Å². The average molecular weight is 479 g/mol. The third kappa shape index (κ3) is 4.87. The van der Waals surface area contributed by atoms with Gasteiger partial charge in [0.15, 0.2) is 0 Å². The van der Waals surface area contributed by atoms with E-state index in [4.69, 9.17) is 4.74 Å². The first kappa shape index (κ1) is 24.1. The summed E-state index contributed by atoms with van der Waals surface area (Å²) in [6.07, 6.45) is 0.568. The molecule has 4 nitrogen and oxygen atoms in total. The lowest BCUT2D eigenvalue weighted by molar-refractivity contribution is -0.126. The zero-order chi connectivity index (χ0) is 25.1. The number of hydrogen-bond donors (Lipinski definition) is 0. The van der Waals surface area contributed by atoms with Crippen LogP contribution < -0.4 is 4.74 Å². The Morgan fingerprint density at radius 1 is 0.861 bits per heavy atom. The molecule has 184 valence electrons. The largest absolute Gasteiger partial charge is 0.496 e. The minimum atomic E-state index is -0.0911. The lowest BCUT2D eigenvalue weighted by atomic mass is 9.76.